The van der Waals surface area contributed by atoms with E-state index in [0.29, 0.717) is 12.5 Å². The van der Waals surface area contributed by atoms with Crippen LogP contribution in [0.5, 0.6) is 0 Å². The molecule has 0 aliphatic carbocycles. The lowest BCUT2D eigenvalue weighted by Gasteiger charge is -2.33. The van der Waals surface area contributed by atoms with Crippen molar-refractivity contribution in [1.82, 2.24) is 9.80 Å². The summed E-state index contributed by atoms with van der Waals surface area (Å²) in [6, 6.07) is 12.0. The van der Waals surface area contributed by atoms with Gasteiger partial charge in [0.2, 0.25) is 5.91 Å². The molecule has 1 aliphatic heterocycles. The highest BCUT2D eigenvalue weighted by Gasteiger charge is 2.19. The van der Waals surface area contributed by atoms with Gasteiger partial charge in [0, 0.05) is 31.9 Å². The first-order valence-corrected chi connectivity index (χ1v) is 8.97. The van der Waals surface area contributed by atoms with Crippen LogP contribution >= 0.6 is 0 Å². The van der Waals surface area contributed by atoms with Gasteiger partial charge in [0.1, 0.15) is 5.76 Å². The van der Waals surface area contributed by atoms with Gasteiger partial charge < -0.3 is 9.73 Å². The first-order chi connectivity index (χ1) is 12.1. The number of benzene rings is 1. The molecule has 1 fully saturated rings. The van der Waals surface area contributed by atoms with Crippen LogP contribution in [-0.2, 0) is 11.3 Å². The highest BCUT2D eigenvalue weighted by Crippen LogP contribution is 2.17. The van der Waals surface area contributed by atoms with E-state index in [-0.39, 0.29) is 5.91 Å². The SMILES string of the molecule is CC(C)c1ccc(NC(=O)CN2CCN(Cc3ccco3)CC2)cc1. The Morgan fingerprint density at radius 3 is 2.36 bits per heavy atom. The second kappa shape index (κ2) is 8.32. The van der Waals surface area contributed by atoms with Gasteiger partial charge in [-0.2, -0.15) is 0 Å². The van der Waals surface area contributed by atoms with Crippen LogP contribution in [0, 0.1) is 0 Å². The van der Waals surface area contributed by atoms with Crippen LogP contribution in [0.2, 0.25) is 0 Å². The molecule has 0 radical (unpaired) electrons. The molecular weight excluding hydrogens is 314 g/mol. The van der Waals surface area contributed by atoms with Gasteiger partial charge in [-0.1, -0.05) is 26.0 Å². The van der Waals surface area contributed by atoms with Gasteiger partial charge in [-0.25, -0.2) is 0 Å². The molecule has 2 heterocycles. The van der Waals surface area contributed by atoms with Crippen molar-refractivity contribution < 1.29 is 9.21 Å². The van der Waals surface area contributed by atoms with E-state index >= 15 is 0 Å². The van der Waals surface area contributed by atoms with Gasteiger partial charge in [-0.15, -0.1) is 0 Å². The van der Waals surface area contributed by atoms with Gasteiger partial charge in [-0.3, -0.25) is 14.6 Å². The fourth-order valence-electron chi connectivity index (χ4n) is 3.08. The predicted molar refractivity (Wildman–Crippen MR) is 99.6 cm³/mol. The van der Waals surface area contributed by atoms with Gasteiger partial charge in [0.25, 0.3) is 0 Å². The Morgan fingerprint density at radius 1 is 1.08 bits per heavy atom. The lowest BCUT2D eigenvalue weighted by atomic mass is 10.0. The quantitative estimate of drug-likeness (QED) is 0.877. The number of nitrogens with one attached hydrogen (secondary N) is 1. The van der Waals surface area contributed by atoms with Crippen molar-refractivity contribution >= 4 is 11.6 Å². The maximum atomic E-state index is 12.3. The van der Waals surface area contributed by atoms with E-state index in [4.69, 9.17) is 4.42 Å². The van der Waals surface area contributed by atoms with Crippen LogP contribution in [0.25, 0.3) is 0 Å². The first-order valence-electron chi connectivity index (χ1n) is 8.97. The number of carbonyl (C=O) groups is 1. The Bertz CT molecular complexity index is 657. The molecule has 3 rings (SSSR count). The maximum Gasteiger partial charge on any atom is 0.238 e. The molecule has 1 aliphatic rings. The topological polar surface area (TPSA) is 48.7 Å². The third-order valence-electron chi connectivity index (χ3n) is 4.65. The summed E-state index contributed by atoms with van der Waals surface area (Å²) in [5.41, 5.74) is 2.15. The number of hydrogen-bond donors (Lipinski definition) is 1. The molecule has 5 heteroatoms. The van der Waals surface area contributed by atoms with Crippen molar-refractivity contribution in [2.45, 2.75) is 26.3 Å². The third kappa shape index (κ3) is 5.18. The molecule has 1 N–H and O–H groups in total. The van der Waals surface area contributed by atoms with Crippen LogP contribution in [0.4, 0.5) is 5.69 Å². The van der Waals surface area contributed by atoms with E-state index in [1.165, 1.54) is 5.56 Å². The van der Waals surface area contributed by atoms with E-state index in [2.05, 4.69) is 41.1 Å². The number of anilines is 1. The normalized spacial score (nSPS) is 16.3. The molecule has 1 aromatic carbocycles. The van der Waals surface area contributed by atoms with Crippen molar-refractivity contribution in [2.24, 2.45) is 0 Å². The van der Waals surface area contributed by atoms with E-state index in [1.807, 2.05) is 24.3 Å². The second-order valence-electron chi connectivity index (χ2n) is 6.96. The van der Waals surface area contributed by atoms with Crippen molar-refractivity contribution in [3.05, 3.63) is 54.0 Å². The zero-order valence-corrected chi connectivity index (χ0v) is 15.1. The largest absolute Gasteiger partial charge is 0.468 e. The number of nitrogens with zero attached hydrogens (tertiary/aromatic N) is 2. The summed E-state index contributed by atoms with van der Waals surface area (Å²) in [4.78, 5) is 16.8. The molecule has 1 aromatic heterocycles. The van der Waals surface area contributed by atoms with Crippen molar-refractivity contribution in [1.29, 1.82) is 0 Å². The minimum atomic E-state index is 0.0526. The summed E-state index contributed by atoms with van der Waals surface area (Å²) in [6.07, 6.45) is 1.71. The predicted octanol–water partition coefficient (Wildman–Crippen LogP) is 3.16. The van der Waals surface area contributed by atoms with Crippen LogP contribution in [-0.4, -0.2) is 48.4 Å². The molecule has 2 aromatic rings. The van der Waals surface area contributed by atoms with Gasteiger partial charge in [0.15, 0.2) is 0 Å². The Balaban J connectivity index is 1.41. The fraction of sp³-hybridized carbons (Fsp3) is 0.450. The monoisotopic (exact) mass is 341 g/mol. The summed E-state index contributed by atoms with van der Waals surface area (Å²) in [5, 5.41) is 2.99. The van der Waals surface area contributed by atoms with Crippen molar-refractivity contribution in [2.75, 3.05) is 38.0 Å². The summed E-state index contributed by atoms with van der Waals surface area (Å²) in [7, 11) is 0. The molecular formula is C20H27N3O2. The summed E-state index contributed by atoms with van der Waals surface area (Å²) in [5.74, 6) is 1.55. The first kappa shape index (κ1) is 17.7. The number of piperazine rings is 1. The van der Waals surface area contributed by atoms with Gasteiger partial charge in [0.05, 0.1) is 19.4 Å². The number of carbonyl (C=O) groups excluding carboxylic acids is 1. The minimum absolute atomic E-state index is 0.0526. The van der Waals surface area contributed by atoms with Crippen molar-refractivity contribution in [3.8, 4) is 0 Å². The molecule has 0 bridgehead atoms. The van der Waals surface area contributed by atoms with Gasteiger partial charge >= 0.3 is 0 Å². The molecule has 5 nitrogen and oxygen atoms in total. The van der Waals surface area contributed by atoms with Crippen LogP contribution in [0.3, 0.4) is 0 Å². The molecule has 1 saturated heterocycles. The van der Waals surface area contributed by atoms with Crippen LogP contribution in [0.15, 0.2) is 47.1 Å². The van der Waals surface area contributed by atoms with Crippen LogP contribution in [0.1, 0.15) is 31.1 Å². The number of rotatable bonds is 6. The Kier molecular flexibility index (Phi) is 5.89. The molecule has 0 saturated carbocycles. The number of amides is 1. The highest BCUT2D eigenvalue weighted by atomic mass is 16.3. The second-order valence-corrected chi connectivity index (χ2v) is 6.96. The average molecular weight is 341 g/mol. The average Bonchev–Trinajstić information content (AvgIpc) is 3.10. The molecule has 134 valence electrons. The lowest BCUT2D eigenvalue weighted by Crippen LogP contribution is -2.48. The minimum Gasteiger partial charge on any atom is -0.468 e. The maximum absolute atomic E-state index is 12.3. The van der Waals surface area contributed by atoms with E-state index in [9.17, 15) is 4.79 Å². The zero-order valence-electron chi connectivity index (χ0n) is 15.1. The van der Waals surface area contributed by atoms with E-state index < -0.39 is 0 Å². The van der Waals surface area contributed by atoms with Gasteiger partial charge in [-0.05, 0) is 35.7 Å². The Labute approximate surface area is 149 Å². The van der Waals surface area contributed by atoms with Crippen molar-refractivity contribution in [3.63, 3.8) is 0 Å². The molecule has 1 amide bonds. The zero-order chi connectivity index (χ0) is 17.6. The van der Waals surface area contributed by atoms with Crippen LogP contribution < -0.4 is 5.32 Å². The number of hydrogen-bond acceptors (Lipinski definition) is 4. The standard InChI is InChI=1S/C20H27N3O2/c1-16(2)17-5-7-18(8-6-17)21-20(24)15-23-11-9-22(10-12-23)14-19-4-3-13-25-19/h3-8,13,16H,9-12,14-15H2,1-2H3,(H,21,24). The molecule has 0 spiro atoms. The molecule has 0 unspecified atom stereocenters. The summed E-state index contributed by atoms with van der Waals surface area (Å²) >= 11 is 0. The highest BCUT2D eigenvalue weighted by molar-refractivity contribution is 5.92. The summed E-state index contributed by atoms with van der Waals surface area (Å²) < 4.78 is 5.40. The number of furan rings is 1. The fourth-order valence-corrected chi connectivity index (χ4v) is 3.08. The molecule has 25 heavy (non-hydrogen) atoms. The Morgan fingerprint density at radius 2 is 1.76 bits per heavy atom. The molecule has 0 atom stereocenters. The lowest BCUT2D eigenvalue weighted by molar-refractivity contribution is -0.117. The smallest absolute Gasteiger partial charge is 0.238 e. The van der Waals surface area contributed by atoms with E-state index in [0.717, 1.165) is 44.2 Å². The Hall–Kier alpha value is -2.11. The summed E-state index contributed by atoms with van der Waals surface area (Å²) in [6.45, 7) is 9.34. The van der Waals surface area contributed by atoms with E-state index in [1.54, 1.807) is 6.26 Å². The third-order valence-corrected chi connectivity index (χ3v) is 4.65.